The van der Waals surface area contributed by atoms with Crippen LogP contribution < -0.4 is 5.73 Å². The van der Waals surface area contributed by atoms with Crippen molar-refractivity contribution in [2.75, 3.05) is 19.8 Å². The number of esters is 2. The van der Waals surface area contributed by atoms with E-state index in [0.29, 0.717) is 32.1 Å². The molecule has 5 N–H and O–H groups in total. The molecule has 13 heteroatoms. The summed E-state index contributed by atoms with van der Waals surface area (Å²) in [6.45, 7) is 2.40. The lowest BCUT2D eigenvalue weighted by Crippen LogP contribution is -2.34. The maximum absolute atomic E-state index is 12.6. The molecule has 0 bridgehead atoms. The Bertz CT molecular complexity index is 1510. The van der Waals surface area contributed by atoms with Gasteiger partial charge >= 0.3 is 25.7 Å². The first kappa shape index (κ1) is 56.8. The second kappa shape index (κ2) is 41.2. The largest absolute Gasteiger partial charge is 0.480 e. The number of phosphoric acid groups is 1. The third-order valence-electron chi connectivity index (χ3n) is 8.29. The molecule has 4 atom stereocenters. The van der Waals surface area contributed by atoms with Gasteiger partial charge in [0.05, 0.1) is 19.3 Å². The second-order valence-corrected chi connectivity index (χ2v) is 15.4. The Morgan fingerprint density at radius 1 is 0.607 bits per heavy atom. The number of carboxylic acid groups (broad SMARTS) is 1. The van der Waals surface area contributed by atoms with Crippen LogP contribution in [0.15, 0.2) is 122 Å². The van der Waals surface area contributed by atoms with Gasteiger partial charge in [-0.1, -0.05) is 148 Å². The van der Waals surface area contributed by atoms with E-state index in [9.17, 15) is 28.9 Å². The summed E-state index contributed by atoms with van der Waals surface area (Å²) >= 11 is 0. The number of aliphatic carboxylic acids is 1. The molecule has 0 saturated heterocycles. The summed E-state index contributed by atoms with van der Waals surface area (Å²) in [7, 11) is -4.78. The lowest BCUT2D eigenvalue weighted by molar-refractivity contribution is -0.161. The topological polar surface area (TPSA) is 192 Å². The molecule has 0 amide bonds. The van der Waals surface area contributed by atoms with Crippen LogP contribution in [0.4, 0.5) is 0 Å². The first-order valence-corrected chi connectivity index (χ1v) is 23.2. The number of rotatable bonds is 38. The summed E-state index contributed by atoms with van der Waals surface area (Å²) < 4.78 is 32.5. The Hall–Kier alpha value is -4.16. The molecule has 0 aromatic heterocycles. The van der Waals surface area contributed by atoms with Gasteiger partial charge in [-0.2, -0.15) is 0 Å². The highest BCUT2D eigenvalue weighted by Crippen LogP contribution is 2.43. The van der Waals surface area contributed by atoms with Crippen LogP contribution in [0.2, 0.25) is 0 Å². The zero-order valence-corrected chi connectivity index (χ0v) is 37.4. The van der Waals surface area contributed by atoms with E-state index in [-0.39, 0.29) is 12.8 Å². The molecule has 0 radical (unpaired) electrons. The van der Waals surface area contributed by atoms with Gasteiger partial charge in [0.2, 0.25) is 0 Å². The van der Waals surface area contributed by atoms with Gasteiger partial charge in [-0.05, 0) is 83.5 Å². The van der Waals surface area contributed by atoms with Gasteiger partial charge in [0.15, 0.2) is 6.10 Å². The summed E-state index contributed by atoms with van der Waals surface area (Å²) in [4.78, 5) is 45.9. The Balaban J connectivity index is 4.69. The molecule has 0 aromatic carbocycles. The van der Waals surface area contributed by atoms with E-state index in [0.717, 1.165) is 44.9 Å². The highest BCUT2D eigenvalue weighted by Gasteiger charge is 2.28. The zero-order chi connectivity index (χ0) is 45.1. The summed E-state index contributed by atoms with van der Waals surface area (Å²) in [6.07, 6.45) is 51.7. The van der Waals surface area contributed by atoms with Crippen LogP contribution in [-0.2, 0) is 37.5 Å². The minimum absolute atomic E-state index is 0.00239. The standard InChI is InChI=1S/C48H74NO11P/c1-3-5-7-9-11-13-14-15-16-17-18-19-20-21-22-24-26-30-34-38-46(51)57-40-44(41-58-61(55,56)59-42-45(49)48(53)54)60-47(52)39-35-31-27-29-33-37-43(50)36-32-28-25-23-12-10-8-6-4-2/h5,7,11-13,15-16,18-19,21-23,26-30,32-33,37,43-45,50H,3-4,6,8-10,14,17,20,24-25,31,34-36,38-42,49H2,1-2H3,(H,53,54)(H,55,56)/b7-5-,13-11-,16-15-,19-18-,22-21-,23-12-,29-27+,30-26-,32-28-,37-33-/t43?,44-,45+/m1/s1. The fourth-order valence-electron chi connectivity index (χ4n) is 4.87. The average molecular weight is 872 g/mol. The summed E-state index contributed by atoms with van der Waals surface area (Å²) in [5, 5.41) is 19.0. The van der Waals surface area contributed by atoms with Crippen LogP contribution in [0.1, 0.15) is 123 Å². The van der Waals surface area contributed by atoms with Crippen LogP contribution in [0, 0.1) is 0 Å². The van der Waals surface area contributed by atoms with Gasteiger partial charge in [0.25, 0.3) is 0 Å². The molecule has 0 spiro atoms. The number of allylic oxidation sites excluding steroid dienone is 18. The first-order valence-electron chi connectivity index (χ1n) is 21.7. The van der Waals surface area contributed by atoms with Crippen LogP contribution in [-0.4, -0.2) is 71.1 Å². The Kier molecular flexibility index (Phi) is 38.4. The van der Waals surface area contributed by atoms with Crippen LogP contribution in [0.3, 0.4) is 0 Å². The first-order chi connectivity index (χ1) is 29.5. The number of hydrogen-bond donors (Lipinski definition) is 4. The third kappa shape index (κ3) is 41.0. The van der Waals surface area contributed by atoms with Gasteiger partial charge in [-0.3, -0.25) is 23.4 Å². The molecule has 0 heterocycles. The second-order valence-electron chi connectivity index (χ2n) is 13.9. The minimum atomic E-state index is -4.78. The fourth-order valence-corrected chi connectivity index (χ4v) is 5.65. The monoisotopic (exact) mass is 871 g/mol. The number of carbonyl (C=O) groups is 3. The Morgan fingerprint density at radius 3 is 1.70 bits per heavy atom. The number of aliphatic hydroxyl groups excluding tert-OH is 1. The predicted molar refractivity (Wildman–Crippen MR) is 245 cm³/mol. The van der Waals surface area contributed by atoms with Gasteiger partial charge in [0.1, 0.15) is 12.6 Å². The minimum Gasteiger partial charge on any atom is -0.480 e. The molecule has 0 aliphatic heterocycles. The molecule has 0 aromatic rings. The van der Waals surface area contributed by atoms with Crippen molar-refractivity contribution >= 4 is 25.7 Å². The molecule has 2 unspecified atom stereocenters. The highest BCUT2D eigenvalue weighted by atomic mass is 31.2. The number of unbranched alkanes of at least 4 members (excludes halogenated alkanes) is 4. The number of carbonyl (C=O) groups excluding carboxylic acids is 2. The van der Waals surface area contributed by atoms with Gasteiger partial charge in [-0.25, -0.2) is 4.57 Å². The van der Waals surface area contributed by atoms with Crippen molar-refractivity contribution in [3.8, 4) is 0 Å². The number of ether oxygens (including phenoxy) is 2. The third-order valence-corrected chi connectivity index (χ3v) is 9.24. The lowest BCUT2D eigenvalue weighted by Gasteiger charge is -2.20. The normalized spacial score (nSPS) is 15.4. The maximum atomic E-state index is 12.6. The van der Waals surface area contributed by atoms with E-state index in [1.165, 1.54) is 19.3 Å². The summed E-state index contributed by atoms with van der Waals surface area (Å²) in [5.74, 6) is -2.65. The van der Waals surface area contributed by atoms with Gasteiger partial charge < -0.3 is 30.3 Å². The van der Waals surface area contributed by atoms with Crippen molar-refractivity contribution in [1.82, 2.24) is 0 Å². The van der Waals surface area contributed by atoms with Crippen molar-refractivity contribution in [3.63, 3.8) is 0 Å². The lowest BCUT2D eigenvalue weighted by atomic mass is 10.2. The van der Waals surface area contributed by atoms with E-state index in [4.69, 9.17) is 24.8 Å². The Labute approximate surface area is 365 Å². The van der Waals surface area contributed by atoms with Crippen molar-refractivity contribution in [2.24, 2.45) is 5.73 Å². The summed E-state index contributed by atoms with van der Waals surface area (Å²) in [6, 6.07) is -1.56. The SMILES string of the molecule is CC/C=C\C/C=C\C/C=C\C/C=C\C/C=C\C/C=C\CCC(=O)OC[C@H](COP(=O)(O)OC[C@H](N)C(=O)O)OC(=O)CCC/C=C/C=C\C(O)C/C=C\C/C=C\CCCCC. The fraction of sp³-hybridized carbons (Fsp3) is 0.521. The van der Waals surface area contributed by atoms with Crippen molar-refractivity contribution in [2.45, 2.75) is 141 Å². The van der Waals surface area contributed by atoms with Crippen LogP contribution >= 0.6 is 7.82 Å². The van der Waals surface area contributed by atoms with Gasteiger partial charge in [0, 0.05) is 12.8 Å². The van der Waals surface area contributed by atoms with Gasteiger partial charge in [-0.15, -0.1) is 0 Å². The maximum Gasteiger partial charge on any atom is 0.472 e. The molecule has 0 aliphatic rings. The number of carboxylic acids is 1. The molecular weight excluding hydrogens is 797 g/mol. The van der Waals surface area contributed by atoms with Crippen molar-refractivity contribution < 1.29 is 52.6 Å². The highest BCUT2D eigenvalue weighted by molar-refractivity contribution is 7.47. The van der Waals surface area contributed by atoms with E-state index in [1.54, 1.807) is 18.2 Å². The molecule has 0 fully saturated rings. The summed E-state index contributed by atoms with van der Waals surface area (Å²) in [5.41, 5.74) is 5.32. The zero-order valence-electron chi connectivity index (χ0n) is 36.6. The van der Waals surface area contributed by atoms with Crippen molar-refractivity contribution in [1.29, 1.82) is 0 Å². The number of hydrogen-bond acceptors (Lipinski definition) is 10. The molecule has 0 aliphatic carbocycles. The molecule has 342 valence electrons. The molecular formula is C48H74NO11P. The molecule has 61 heavy (non-hydrogen) atoms. The van der Waals surface area contributed by atoms with E-state index in [2.05, 4.69) is 85.2 Å². The van der Waals surface area contributed by atoms with Crippen LogP contribution in [0.25, 0.3) is 0 Å². The van der Waals surface area contributed by atoms with E-state index < -0.39 is 63.8 Å². The molecule has 0 rings (SSSR count). The smallest absolute Gasteiger partial charge is 0.472 e. The Morgan fingerprint density at radius 2 is 1.13 bits per heavy atom. The molecule has 0 saturated carbocycles. The number of nitrogens with two attached hydrogens (primary N) is 1. The molecule has 12 nitrogen and oxygen atoms in total. The van der Waals surface area contributed by atoms with Crippen molar-refractivity contribution in [3.05, 3.63) is 122 Å². The quantitative estimate of drug-likeness (QED) is 0.0151. The number of aliphatic hydroxyl groups is 1. The average Bonchev–Trinajstić information content (AvgIpc) is 3.23. The van der Waals surface area contributed by atoms with E-state index >= 15 is 0 Å². The predicted octanol–water partition coefficient (Wildman–Crippen LogP) is 10.6. The van der Waals surface area contributed by atoms with E-state index in [1.807, 2.05) is 36.5 Å². The number of phosphoric ester groups is 1. The van der Waals surface area contributed by atoms with Crippen LogP contribution in [0.5, 0.6) is 0 Å².